The second-order valence-corrected chi connectivity index (χ2v) is 5.65. The number of ether oxygens (including phenoxy) is 1. The first-order valence-electron chi connectivity index (χ1n) is 7.34. The van der Waals surface area contributed by atoms with Crippen molar-refractivity contribution in [2.75, 3.05) is 25.5 Å². The van der Waals surface area contributed by atoms with E-state index in [1.54, 1.807) is 17.0 Å². The molecule has 0 spiro atoms. The number of morpholine rings is 1. The molecule has 2 aromatic heterocycles. The van der Waals surface area contributed by atoms with Gasteiger partial charge in [0, 0.05) is 12.6 Å². The molecule has 1 unspecified atom stereocenters. The van der Waals surface area contributed by atoms with Crippen LogP contribution in [0.1, 0.15) is 11.6 Å². The van der Waals surface area contributed by atoms with Gasteiger partial charge in [0.15, 0.2) is 0 Å². The molecular formula is C16H16ClN5O2. The summed E-state index contributed by atoms with van der Waals surface area (Å²) in [6.07, 6.45) is 2.66. The smallest absolute Gasteiger partial charge is 0.246 e. The van der Waals surface area contributed by atoms with Crippen LogP contribution in [0.2, 0.25) is 5.15 Å². The van der Waals surface area contributed by atoms with Crippen LogP contribution in [0, 0.1) is 0 Å². The van der Waals surface area contributed by atoms with E-state index in [0.717, 1.165) is 5.56 Å². The SMILES string of the molecule is C=CC(=O)N1CCOCC1c1cc(Cl)nc(-c2cc(N)ncn2)c1. The zero-order valence-corrected chi connectivity index (χ0v) is 13.6. The fraction of sp³-hybridized carbons (Fsp3) is 0.250. The number of hydrogen-bond acceptors (Lipinski definition) is 6. The van der Waals surface area contributed by atoms with E-state index in [9.17, 15) is 4.79 Å². The summed E-state index contributed by atoms with van der Waals surface area (Å²) < 4.78 is 5.53. The van der Waals surface area contributed by atoms with Gasteiger partial charge in [-0.2, -0.15) is 0 Å². The molecule has 8 heteroatoms. The molecule has 1 fully saturated rings. The molecular weight excluding hydrogens is 330 g/mol. The number of carbonyl (C=O) groups is 1. The van der Waals surface area contributed by atoms with Crippen molar-refractivity contribution in [3.05, 3.63) is 47.9 Å². The summed E-state index contributed by atoms with van der Waals surface area (Å²) in [5, 5.41) is 0.302. The Morgan fingerprint density at radius 3 is 2.96 bits per heavy atom. The molecule has 3 rings (SSSR count). The number of amides is 1. The van der Waals surface area contributed by atoms with Gasteiger partial charge in [0.05, 0.1) is 30.6 Å². The normalized spacial score (nSPS) is 17.5. The fourth-order valence-corrected chi connectivity index (χ4v) is 2.83. The van der Waals surface area contributed by atoms with Crippen LogP contribution >= 0.6 is 11.6 Å². The standard InChI is InChI=1S/C16H16ClN5O2/c1-2-16(23)22-3-4-24-8-13(22)10-5-12(21-14(17)6-10)11-7-15(18)20-9-19-11/h2,5-7,9,13H,1,3-4,8H2,(H2,18,19,20). The molecule has 0 bridgehead atoms. The maximum Gasteiger partial charge on any atom is 0.246 e. The van der Waals surface area contributed by atoms with E-state index in [1.807, 2.05) is 6.07 Å². The minimum atomic E-state index is -0.261. The van der Waals surface area contributed by atoms with Gasteiger partial charge in [-0.05, 0) is 23.8 Å². The average Bonchev–Trinajstić information content (AvgIpc) is 2.60. The third-order valence-corrected chi connectivity index (χ3v) is 3.93. The van der Waals surface area contributed by atoms with Crippen LogP contribution in [0.5, 0.6) is 0 Å². The number of rotatable bonds is 3. The Bertz CT molecular complexity index is 783. The van der Waals surface area contributed by atoms with Crippen LogP contribution in [-0.4, -0.2) is 45.5 Å². The number of nitrogens with two attached hydrogens (primary N) is 1. The van der Waals surface area contributed by atoms with Crippen molar-refractivity contribution in [1.29, 1.82) is 0 Å². The van der Waals surface area contributed by atoms with Crippen LogP contribution in [0.15, 0.2) is 37.2 Å². The van der Waals surface area contributed by atoms with E-state index < -0.39 is 0 Å². The molecule has 1 atom stereocenters. The van der Waals surface area contributed by atoms with Gasteiger partial charge in [-0.1, -0.05) is 18.2 Å². The molecule has 1 aliphatic rings. The zero-order valence-electron chi connectivity index (χ0n) is 12.9. The first-order chi connectivity index (χ1) is 11.6. The fourth-order valence-electron chi connectivity index (χ4n) is 2.61. The van der Waals surface area contributed by atoms with Gasteiger partial charge in [0.25, 0.3) is 0 Å². The Hall–Kier alpha value is -2.51. The largest absolute Gasteiger partial charge is 0.384 e. The second-order valence-electron chi connectivity index (χ2n) is 5.26. The maximum atomic E-state index is 12.1. The van der Waals surface area contributed by atoms with Gasteiger partial charge in [-0.25, -0.2) is 15.0 Å². The molecule has 1 amide bonds. The minimum absolute atomic E-state index is 0.149. The molecule has 2 aromatic rings. The summed E-state index contributed by atoms with van der Waals surface area (Å²) in [7, 11) is 0. The van der Waals surface area contributed by atoms with Crippen molar-refractivity contribution in [1.82, 2.24) is 19.9 Å². The summed E-state index contributed by atoms with van der Waals surface area (Å²) in [5.74, 6) is 0.192. The lowest BCUT2D eigenvalue weighted by molar-refractivity contribution is -0.134. The molecule has 7 nitrogen and oxygen atoms in total. The van der Waals surface area contributed by atoms with Crippen molar-refractivity contribution in [3.63, 3.8) is 0 Å². The quantitative estimate of drug-likeness (QED) is 0.674. The van der Waals surface area contributed by atoms with Crippen LogP contribution in [0.4, 0.5) is 5.82 Å². The second kappa shape index (κ2) is 6.94. The monoisotopic (exact) mass is 345 g/mol. The van der Waals surface area contributed by atoms with Gasteiger partial charge in [-0.3, -0.25) is 4.79 Å². The van der Waals surface area contributed by atoms with Gasteiger partial charge < -0.3 is 15.4 Å². The Morgan fingerprint density at radius 1 is 1.38 bits per heavy atom. The predicted octanol–water partition coefficient (Wildman–Crippen LogP) is 1.86. The van der Waals surface area contributed by atoms with E-state index in [2.05, 4.69) is 21.5 Å². The lowest BCUT2D eigenvalue weighted by Gasteiger charge is -2.35. The summed E-state index contributed by atoms with van der Waals surface area (Å²) in [4.78, 5) is 26.1. The highest BCUT2D eigenvalue weighted by Crippen LogP contribution is 2.29. The summed E-state index contributed by atoms with van der Waals surface area (Å²) >= 11 is 6.17. The van der Waals surface area contributed by atoms with Crippen molar-refractivity contribution in [3.8, 4) is 11.4 Å². The first kappa shape index (κ1) is 16.4. The third-order valence-electron chi connectivity index (χ3n) is 3.74. The number of halogens is 1. The molecule has 0 aromatic carbocycles. The molecule has 1 aliphatic heterocycles. The highest BCUT2D eigenvalue weighted by atomic mass is 35.5. The molecule has 124 valence electrons. The number of anilines is 1. The van der Waals surface area contributed by atoms with Gasteiger partial charge in [0.1, 0.15) is 17.3 Å². The molecule has 0 aliphatic carbocycles. The predicted molar refractivity (Wildman–Crippen MR) is 90.2 cm³/mol. The van der Waals surface area contributed by atoms with Crippen molar-refractivity contribution < 1.29 is 9.53 Å². The van der Waals surface area contributed by atoms with Crippen LogP contribution < -0.4 is 5.73 Å². The Labute approximate surface area is 144 Å². The van der Waals surface area contributed by atoms with E-state index in [4.69, 9.17) is 22.1 Å². The highest BCUT2D eigenvalue weighted by molar-refractivity contribution is 6.29. The summed E-state index contributed by atoms with van der Waals surface area (Å²) in [5.41, 5.74) is 7.63. The molecule has 0 radical (unpaired) electrons. The van der Waals surface area contributed by atoms with E-state index in [-0.39, 0.29) is 11.9 Å². The molecule has 3 heterocycles. The van der Waals surface area contributed by atoms with Crippen LogP contribution in [0.25, 0.3) is 11.4 Å². The van der Waals surface area contributed by atoms with E-state index >= 15 is 0 Å². The number of pyridine rings is 1. The number of aromatic nitrogens is 3. The van der Waals surface area contributed by atoms with E-state index in [1.165, 1.54) is 12.4 Å². The first-order valence-corrected chi connectivity index (χ1v) is 7.72. The topological polar surface area (TPSA) is 94.2 Å². The molecule has 0 saturated carbocycles. The van der Waals surface area contributed by atoms with Crippen LogP contribution in [-0.2, 0) is 9.53 Å². The Morgan fingerprint density at radius 2 is 2.21 bits per heavy atom. The van der Waals surface area contributed by atoms with Crippen molar-refractivity contribution in [2.24, 2.45) is 0 Å². The van der Waals surface area contributed by atoms with Gasteiger partial charge >= 0.3 is 0 Å². The minimum Gasteiger partial charge on any atom is -0.384 e. The third kappa shape index (κ3) is 3.37. The Balaban J connectivity index is 2.01. The maximum absolute atomic E-state index is 12.1. The highest BCUT2D eigenvalue weighted by Gasteiger charge is 2.28. The van der Waals surface area contributed by atoms with E-state index in [0.29, 0.717) is 42.1 Å². The van der Waals surface area contributed by atoms with Gasteiger partial charge in [0.2, 0.25) is 5.91 Å². The van der Waals surface area contributed by atoms with Crippen molar-refractivity contribution in [2.45, 2.75) is 6.04 Å². The zero-order chi connectivity index (χ0) is 17.1. The Kier molecular flexibility index (Phi) is 4.73. The lowest BCUT2D eigenvalue weighted by Crippen LogP contribution is -2.42. The summed E-state index contributed by atoms with van der Waals surface area (Å²) in [6.45, 7) is 4.92. The summed E-state index contributed by atoms with van der Waals surface area (Å²) in [6, 6.07) is 4.91. The van der Waals surface area contributed by atoms with Gasteiger partial charge in [-0.15, -0.1) is 0 Å². The van der Waals surface area contributed by atoms with Crippen LogP contribution in [0.3, 0.4) is 0 Å². The molecule has 1 saturated heterocycles. The number of nitrogen functional groups attached to an aromatic ring is 1. The number of nitrogens with zero attached hydrogens (tertiary/aromatic N) is 4. The average molecular weight is 346 g/mol. The molecule has 2 N–H and O–H groups in total. The van der Waals surface area contributed by atoms with Crippen molar-refractivity contribution >= 4 is 23.3 Å². The lowest BCUT2D eigenvalue weighted by atomic mass is 10.0. The molecule has 24 heavy (non-hydrogen) atoms. The number of hydrogen-bond donors (Lipinski definition) is 1. The number of carbonyl (C=O) groups excluding carboxylic acids is 1.